The van der Waals surface area contributed by atoms with Crippen molar-refractivity contribution in [3.05, 3.63) is 34.2 Å². The van der Waals surface area contributed by atoms with Crippen molar-refractivity contribution in [3.63, 3.8) is 0 Å². The number of fused-ring (bicyclic) bond motifs is 1. The molecule has 1 atom stereocenters. The SMILES string of the molecule is CC(C)COC1CCN(C(=O)c2ccc3[nH]c(=O)n(C)c3c2)C1. The number of amides is 1. The van der Waals surface area contributed by atoms with E-state index in [2.05, 4.69) is 18.8 Å². The lowest BCUT2D eigenvalue weighted by molar-refractivity contribution is 0.0396. The largest absolute Gasteiger partial charge is 0.376 e. The number of carbonyl (C=O) groups is 1. The number of hydrogen-bond acceptors (Lipinski definition) is 3. The van der Waals surface area contributed by atoms with Crippen LogP contribution in [0.5, 0.6) is 0 Å². The predicted molar refractivity (Wildman–Crippen MR) is 88.6 cm³/mol. The van der Waals surface area contributed by atoms with Crippen LogP contribution >= 0.6 is 0 Å². The molecule has 0 spiro atoms. The normalized spacial score (nSPS) is 18.3. The number of nitrogens with one attached hydrogen (secondary N) is 1. The van der Waals surface area contributed by atoms with Gasteiger partial charge in [0.2, 0.25) is 0 Å². The van der Waals surface area contributed by atoms with E-state index in [-0.39, 0.29) is 17.7 Å². The van der Waals surface area contributed by atoms with E-state index < -0.39 is 0 Å². The molecule has 23 heavy (non-hydrogen) atoms. The van der Waals surface area contributed by atoms with Gasteiger partial charge in [0.1, 0.15) is 0 Å². The third kappa shape index (κ3) is 3.17. The Balaban J connectivity index is 1.73. The third-order valence-electron chi connectivity index (χ3n) is 4.25. The number of nitrogens with zero attached hydrogens (tertiary/aromatic N) is 2. The zero-order valence-corrected chi connectivity index (χ0v) is 13.8. The van der Waals surface area contributed by atoms with Gasteiger partial charge >= 0.3 is 5.69 Å². The Morgan fingerprint density at radius 1 is 1.43 bits per heavy atom. The highest BCUT2D eigenvalue weighted by molar-refractivity contribution is 5.97. The monoisotopic (exact) mass is 317 g/mol. The van der Waals surface area contributed by atoms with E-state index in [0.717, 1.165) is 24.1 Å². The lowest BCUT2D eigenvalue weighted by atomic mass is 10.1. The quantitative estimate of drug-likeness (QED) is 0.934. The van der Waals surface area contributed by atoms with Crippen LogP contribution in [0.4, 0.5) is 0 Å². The topological polar surface area (TPSA) is 67.3 Å². The molecule has 6 nitrogen and oxygen atoms in total. The van der Waals surface area contributed by atoms with Crippen molar-refractivity contribution in [2.45, 2.75) is 26.4 Å². The van der Waals surface area contributed by atoms with Crippen molar-refractivity contribution in [1.29, 1.82) is 0 Å². The number of aromatic nitrogens is 2. The van der Waals surface area contributed by atoms with Crippen molar-refractivity contribution in [2.75, 3.05) is 19.7 Å². The molecule has 1 aliphatic rings. The van der Waals surface area contributed by atoms with Gasteiger partial charge in [0.25, 0.3) is 5.91 Å². The van der Waals surface area contributed by atoms with E-state index in [1.165, 1.54) is 4.57 Å². The highest BCUT2D eigenvalue weighted by atomic mass is 16.5. The average Bonchev–Trinajstić information content (AvgIpc) is 3.10. The van der Waals surface area contributed by atoms with E-state index in [1.54, 1.807) is 25.2 Å². The second kappa shape index (κ2) is 6.20. The van der Waals surface area contributed by atoms with Crippen LogP contribution in [-0.2, 0) is 11.8 Å². The van der Waals surface area contributed by atoms with Crippen LogP contribution in [0.3, 0.4) is 0 Å². The number of aromatic amines is 1. The summed E-state index contributed by atoms with van der Waals surface area (Å²) in [5.41, 5.74) is 1.92. The highest BCUT2D eigenvalue weighted by Gasteiger charge is 2.27. The van der Waals surface area contributed by atoms with Crippen molar-refractivity contribution in [3.8, 4) is 0 Å². The number of rotatable bonds is 4. The minimum absolute atomic E-state index is 0.00352. The number of ether oxygens (including phenoxy) is 1. The number of aryl methyl sites for hydroxylation is 1. The Bertz CT molecular complexity index is 775. The first-order chi connectivity index (χ1) is 11.0. The van der Waals surface area contributed by atoms with E-state index >= 15 is 0 Å². The minimum atomic E-state index is -0.173. The summed E-state index contributed by atoms with van der Waals surface area (Å²) in [6, 6.07) is 5.33. The molecule has 1 aromatic carbocycles. The van der Waals surface area contributed by atoms with Crippen LogP contribution in [0.25, 0.3) is 11.0 Å². The van der Waals surface area contributed by atoms with Crippen molar-refractivity contribution >= 4 is 16.9 Å². The van der Waals surface area contributed by atoms with E-state index in [9.17, 15) is 9.59 Å². The maximum Gasteiger partial charge on any atom is 0.326 e. The Labute approximate surface area is 135 Å². The molecule has 0 bridgehead atoms. The van der Waals surface area contributed by atoms with Crippen molar-refractivity contribution in [1.82, 2.24) is 14.5 Å². The number of benzene rings is 1. The summed E-state index contributed by atoms with van der Waals surface area (Å²) >= 11 is 0. The molecule has 1 fully saturated rings. The van der Waals surface area contributed by atoms with E-state index in [1.807, 2.05) is 4.90 Å². The van der Waals surface area contributed by atoms with Gasteiger partial charge in [-0.25, -0.2) is 4.79 Å². The number of likely N-dealkylation sites (tertiary alicyclic amines) is 1. The Morgan fingerprint density at radius 3 is 2.96 bits per heavy atom. The Kier molecular flexibility index (Phi) is 4.26. The number of carbonyl (C=O) groups excluding carboxylic acids is 1. The molecule has 6 heteroatoms. The summed E-state index contributed by atoms with van der Waals surface area (Å²) in [7, 11) is 1.70. The molecule has 1 unspecified atom stereocenters. The first-order valence-electron chi connectivity index (χ1n) is 8.05. The zero-order valence-electron chi connectivity index (χ0n) is 13.8. The molecular formula is C17H23N3O3. The van der Waals surface area contributed by atoms with Crippen molar-refractivity contribution < 1.29 is 9.53 Å². The second-order valence-corrected chi connectivity index (χ2v) is 6.61. The lowest BCUT2D eigenvalue weighted by Gasteiger charge is -2.17. The van der Waals surface area contributed by atoms with E-state index in [0.29, 0.717) is 24.6 Å². The smallest absolute Gasteiger partial charge is 0.326 e. The van der Waals surface area contributed by atoms with Gasteiger partial charge in [0.15, 0.2) is 0 Å². The molecule has 2 aromatic rings. The summed E-state index contributed by atoms with van der Waals surface area (Å²) in [6.45, 7) is 6.31. The van der Waals surface area contributed by atoms with Crippen LogP contribution in [0.2, 0.25) is 0 Å². The number of hydrogen-bond donors (Lipinski definition) is 1. The standard InChI is InChI=1S/C17H23N3O3/c1-11(2)10-23-13-6-7-20(9-13)16(21)12-4-5-14-15(8-12)19(3)17(22)18-14/h4-5,8,11,13H,6-7,9-10H2,1-3H3,(H,18,22). The molecule has 1 amide bonds. The first kappa shape index (κ1) is 15.8. The Morgan fingerprint density at radius 2 is 2.22 bits per heavy atom. The Hall–Kier alpha value is -2.08. The molecular weight excluding hydrogens is 294 g/mol. The van der Waals surface area contributed by atoms with Crippen LogP contribution in [0.1, 0.15) is 30.6 Å². The fourth-order valence-corrected chi connectivity index (χ4v) is 2.92. The maximum atomic E-state index is 12.7. The third-order valence-corrected chi connectivity index (χ3v) is 4.25. The lowest BCUT2D eigenvalue weighted by Crippen LogP contribution is -2.30. The van der Waals surface area contributed by atoms with Gasteiger partial charge in [-0.2, -0.15) is 0 Å². The predicted octanol–water partition coefficient (Wildman–Crippen LogP) is 1.75. The van der Waals surface area contributed by atoms with Crippen LogP contribution in [0, 0.1) is 5.92 Å². The van der Waals surface area contributed by atoms with Gasteiger partial charge in [-0.05, 0) is 30.5 Å². The molecule has 124 valence electrons. The number of imidazole rings is 1. The molecule has 1 saturated heterocycles. The molecule has 3 rings (SSSR count). The van der Waals surface area contributed by atoms with Gasteiger partial charge in [-0.15, -0.1) is 0 Å². The molecule has 1 N–H and O–H groups in total. The van der Waals surface area contributed by atoms with Gasteiger partial charge in [-0.1, -0.05) is 13.8 Å². The molecule has 2 heterocycles. The van der Waals surface area contributed by atoms with E-state index in [4.69, 9.17) is 4.74 Å². The van der Waals surface area contributed by atoms with Gasteiger partial charge in [-0.3, -0.25) is 9.36 Å². The average molecular weight is 317 g/mol. The molecule has 1 aliphatic heterocycles. The van der Waals surface area contributed by atoms with Crippen LogP contribution < -0.4 is 5.69 Å². The molecule has 0 aliphatic carbocycles. The van der Waals surface area contributed by atoms with Crippen LogP contribution in [0.15, 0.2) is 23.0 Å². The molecule has 0 saturated carbocycles. The minimum Gasteiger partial charge on any atom is -0.376 e. The highest BCUT2D eigenvalue weighted by Crippen LogP contribution is 2.19. The van der Waals surface area contributed by atoms with Gasteiger partial charge < -0.3 is 14.6 Å². The van der Waals surface area contributed by atoms with Gasteiger partial charge in [0.05, 0.1) is 17.1 Å². The summed E-state index contributed by atoms with van der Waals surface area (Å²) in [4.78, 5) is 28.9. The summed E-state index contributed by atoms with van der Waals surface area (Å²) < 4.78 is 7.35. The second-order valence-electron chi connectivity index (χ2n) is 6.61. The molecule has 0 radical (unpaired) electrons. The number of H-pyrrole nitrogens is 1. The first-order valence-corrected chi connectivity index (χ1v) is 8.05. The fraction of sp³-hybridized carbons (Fsp3) is 0.529. The molecule has 1 aromatic heterocycles. The van der Waals surface area contributed by atoms with Crippen LogP contribution in [-0.4, -0.2) is 46.2 Å². The summed E-state index contributed by atoms with van der Waals surface area (Å²) in [6.07, 6.45) is 1.00. The fourth-order valence-electron chi connectivity index (χ4n) is 2.92. The summed E-state index contributed by atoms with van der Waals surface area (Å²) in [5.74, 6) is 0.494. The summed E-state index contributed by atoms with van der Waals surface area (Å²) in [5, 5.41) is 0. The van der Waals surface area contributed by atoms with Gasteiger partial charge in [0, 0.05) is 32.3 Å². The maximum absolute atomic E-state index is 12.7. The van der Waals surface area contributed by atoms with Crippen molar-refractivity contribution in [2.24, 2.45) is 13.0 Å². The zero-order chi connectivity index (χ0) is 16.6.